The maximum absolute atomic E-state index is 12.2. The minimum atomic E-state index is -3.72. The zero-order valence-electron chi connectivity index (χ0n) is 12.1. The summed E-state index contributed by atoms with van der Waals surface area (Å²) in [7, 11) is -0.905. The van der Waals surface area contributed by atoms with Gasteiger partial charge in [-0.25, -0.2) is 12.7 Å². The Morgan fingerprint density at radius 3 is 2.32 bits per heavy atom. The number of carbonyl (C=O) groups excluding carboxylic acids is 1. The molecule has 0 spiro atoms. The van der Waals surface area contributed by atoms with Crippen LogP contribution in [-0.4, -0.2) is 32.7 Å². The first-order valence-corrected chi connectivity index (χ1v) is 8.22. The number of benzene rings is 2. The predicted octanol–water partition coefficient (Wildman–Crippen LogP) is 2.84. The van der Waals surface area contributed by atoms with Crippen LogP contribution in [0.15, 0.2) is 53.4 Å². The molecule has 2 rings (SSSR count). The van der Waals surface area contributed by atoms with Crippen LogP contribution in [-0.2, 0) is 10.0 Å². The van der Waals surface area contributed by atoms with E-state index in [1.807, 2.05) is 6.07 Å². The minimum Gasteiger partial charge on any atom is -0.322 e. The predicted molar refractivity (Wildman–Crippen MR) is 86.7 cm³/mol. The van der Waals surface area contributed by atoms with E-state index in [0.29, 0.717) is 5.69 Å². The molecular formula is C15H15ClN2O3S. The Morgan fingerprint density at radius 2 is 1.73 bits per heavy atom. The number of rotatable bonds is 4. The van der Waals surface area contributed by atoms with Crippen molar-refractivity contribution in [1.29, 1.82) is 0 Å². The largest absolute Gasteiger partial charge is 0.322 e. The Morgan fingerprint density at radius 1 is 1.09 bits per heavy atom. The number of hydrogen-bond donors (Lipinski definition) is 1. The third-order valence-electron chi connectivity index (χ3n) is 2.98. The molecule has 0 saturated heterocycles. The SMILES string of the molecule is CN(C)S(=O)(=O)c1cc(C(=O)Nc2ccccc2)ccc1Cl. The molecule has 1 amide bonds. The Labute approximate surface area is 134 Å². The fourth-order valence-corrected chi connectivity index (χ4v) is 3.16. The van der Waals surface area contributed by atoms with Crippen LogP contribution in [0.3, 0.4) is 0 Å². The number of anilines is 1. The molecule has 7 heteroatoms. The fraction of sp³-hybridized carbons (Fsp3) is 0.133. The molecule has 0 fully saturated rings. The highest BCUT2D eigenvalue weighted by Gasteiger charge is 2.22. The van der Waals surface area contributed by atoms with Crippen LogP contribution in [0.25, 0.3) is 0 Å². The van der Waals surface area contributed by atoms with Crippen LogP contribution in [0, 0.1) is 0 Å². The summed E-state index contributed by atoms with van der Waals surface area (Å²) >= 11 is 5.95. The van der Waals surface area contributed by atoms with Gasteiger partial charge in [0.25, 0.3) is 5.91 Å². The lowest BCUT2D eigenvalue weighted by Crippen LogP contribution is -2.23. The van der Waals surface area contributed by atoms with Crippen molar-refractivity contribution in [2.45, 2.75) is 4.90 Å². The van der Waals surface area contributed by atoms with E-state index >= 15 is 0 Å². The highest BCUT2D eigenvalue weighted by atomic mass is 35.5. The first-order valence-electron chi connectivity index (χ1n) is 6.41. The van der Waals surface area contributed by atoms with Crippen molar-refractivity contribution in [3.63, 3.8) is 0 Å². The monoisotopic (exact) mass is 338 g/mol. The molecule has 0 atom stereocenters. The topological polar surface area (TPSA) is 66.5 Å². The molecule has 0 saturated carbocycles. The van der Waals surface area contributed by atoms with Gasteiger partial charge < -0.3 is 5.32 Å². The van der Waals surface area contributed by atoms with Gasteiger partial charge >= 0.3 is 0 Å². The quantitative estimate of drug-likeness (QED) is 0.932. The molecule has 0 aromatic heterocycles. The van der Waals surface area contributed by atoms with E-state index in [9.17, 15) is 13.2 Å². The molecule has 0 heterocycles. The summed E-state index contributed by atoms with van der Waals surface area (Å²) in [5.41, 5.74) is 0.841. The molecule has 5 nitrogen and oxygen atoms in total. The Balaban J connectivity index is 2.36. The first kappa shape index (κ1) is 16.5. The average Bonchev–Trinajstić information content (AvgIpc) is 2.48. The number of sulfonamides is 1. The average molecular weight is 339 g/mol. The lowest BCUT2D eigenvalue weighted by atomic mass is 10.2. The number of carbonyl (C=O) groups is 1. The second kappa shape index (κ2) is 6.48. The van der Waals surface area contributed by atoms with Gasteiger partial charge in [0, 0.05) is 25.3 Å². The molecule has 22 heavy (non-hydrogen) atoms. The molecule has 0 aliphatic heterocycles. The fourth-order valence-electron chi connectivity index (χ4n) is 1.76. The maximum atomic E-state index is 12.2. The summed E-state index contributed by atoms with van der Waals surface area (Å²) in [5, 5.41) is 2.77. The van der Waals surface area contributed by atoms with Crippen molar-refractivity contribution in [1.82, 2.24) is 4.31 Å². The Bertz CT molecular complexity index is 790. The lowest BCUT2D eigenvalue weighted by Gasteiger charge is -2.14. The van der Waals surface area contributed by atoms with Crippen LogP contribution in [0.1, 0.15) is 10.4 Å². The van der Waals surface area contributed by atoms with Gasteiger partial charge in [-0.15, -0.1) is 0 Å². The van der Waals surface area contributed by atoms with Crippen LogP contribution in [0.2, 0.25) is 5.02 Å². The summed E-state index contributed by atoms with van der Waals surface area (Å²) in [6.45, 7) is 0. The Hall–Kier alpha value is -1.89. The summed E-state index contributed by atoms with van der Waals surface area (Å²) in [4.78, 5) is 12.1. The van der Waals surface area contributed by atoms with E-state index in [2.05, 4.69) is 5.32 Å². The van der Waals surface area contributed by atoms with E-state index in [4.69, 9.17) is 11.6 Å². The molecule has 2 aromatic carbocycles. The molecule has 0 bridgehead atoms. The second-order valence-electron chi connectivity index (χ2n) is 4.75. The summed E-state index contributed by atoms with van der Waals surface area (Å²) in [5.74, 6) is -0.405. The normalized spacial score (nSPS) is 11.5. The maximum Gasteiger partial charge on any atom is 0.255 e. The summed E-state index contributed by atoms with van der Waals surface area (Å²) in [6, 6.07) is 13.1. The third kappa shape index (κ3) is 3.47. The van der Waals surface area contributed by atoms with Gasteiger partial charge in [0.05, 0.1) is 5.02 Å². The van der Waals surface area contributed by atoms with Gasteiger partial charge in [-0.3, -0.25) is 4.79 Å². The summed E-state index contributed by atoms with van der Waals surface area (Å²) < 4.78 is 25.4. The smallest absolute Gasteiger partial charge is 0.255 e. The van der Waals surface area contributed by atoms with E-state index in [1.165, 1.54) is 32.3 Å². The molecule has 116 valence electrons. The number of nitrogens with one attached hydrogen (secondary N) is 1. The van der Waals surface area contributed by atoms with Crippen molar-refractivity contribution < 1.29 is 13.2 Å². The second-order valence-corrected chi connectivity index (χ2v) is 7.28. The molecule has 0 radical (unpaired) electrons. The number of nitrogens with zero attached hydrogens (tertiary/aromatic N) is 1. The van der Waals surface area contributed by atoms with Crippen LogP contribution < -0.4 is 5.32 Å². The van der Waals surface area contributed by atoms with Crippen molar-refractivity contribution in [3.8, 4) is 0 Å². The van der Waals surface area contributed by atoms with Crippen molar-refractivity contribution in [2.75, 3.05) is 19.4 Å². The summed E-state index contributed by atoms with van der Waals surface area (Å²) in [6.07, 6.45) is 0. The van der Waals surface area contributed by atoms with Gasteiger partial charge in [-0.1, -0.05) is 29.8 Å². The first-order chi connectivity index (χ1) is 10.3. The molecule has 0 unspecified atom stereocenters. The molecule has 0 aliphatic rings. The van der Waals surface area contributed by atoms with E-state index in [-0.39, 0.29) is 15.5 Å². The van der Waals surface area contributed by atoms with Gasteiger partial charge in [0.1, 0.15) is 4.90 Å². The molecule has 0 aliphatic carbocycles. The molecular weight excluding hydrogens is 324 g/mol. The third-order valence-corrected chi connectivity index (χ3v) is 5.28. The van der Waals surface area contributed by atoms with Crippen molar-refractivity contribution in [2.24, 2.45) is 0 Å². The van der Waals surface area contributed by atoms with Gasteiger partial charge in [0.15, 0.2) is 0 Å². The van der Waals surface area contributed by atoms with E-state index < -0.39 is 15.9 Å². The van der Waals surface area contributed by atoms with Gasteiger partial charge in [-0.2, -0.15) is 0 Å². The number of amides is 1. The number of para-hydroxylation sites is 1. The van der Waals surface area contributed by atoms with Crippen molar-refractivity contribution >= 4 is 33.2 Å². The lowest BCUT2D eigenvalue weighted by molar-refractivity contribution is 0.102. The van der Waals surface area contributed by atoms with E-state index in [1.54, 1.807) is 24.3 Å². The van der Waals surface area contributed by atoms with Crippen LogP contribution in [0.4, 0.5) is 5.69 Å². The highest BCUT2D eigenvalue weighted by molar-refractivity contribution is 7.89. The van der Waals surface area contributed by atoms with Crippen LogP contribution >= 0.6 is 11.6 Å². The van der Waals surface area contributed by atoms with Crippen LogP contribution in [0.5, 0.6) is 0 Å². The van der Waals surface area contributed by atoms with Crippen molar-refractivity contribution in [3.05, 3.63) is 59.1 Å². The number of halogens is 1. The molecule has 2 aromatic rings. The van der Waals surface area contributed by atoms with E-state index in [0.717, 1.165) is 4.31 Å². The zero-order valence-corrected chi connectivity index (χ0v) is 13.6. The van der Waals surface area contributed by atoms with Gasteiger partial charge in [0.2, 0.25) is 10.0 Å². The number of hydrogen-bond acceptors (Lipinski definition) is 3. The Kier molecular flexibility index (Phi) is 4.85. The van der Waals surface area contributed by atoms with Gasteiger partial charge in [-0.05, 0) is 30.3 Å². The zero-order chi connectivity index (χ0) is 16.3. The molecule has 1 N–H and O–H groups in total. The minimum absolute atomic E-state index is 0.0740. The highest BCUT2D eigenvalue weighted by Crippen LogP contribution is 2.25. The standard InChI is InChI=1S/C15H15ClN2O3S/c1-18(2)22(20,21)14-10-11(8-9-13(14)16)15(19)17-12-6-4-3-5-7-12/h3-10H,1-2H3,(H,17,19).